The van der Waals surface area contributed by atoms with Crippen LogP contribution >= 0.6 is 24.0 Å². The maximum absolute atomic E-state index is 12.6. The minimum absolute atomic E-state index is 0. The van der Waals surface area contributed by atoms with Gasteiger partial charge in [-0.25, -0.2) is 4.99 Å². The molecule has 0 aromatic heterocycles. The third-order valence-corrected chi connectivity index (χ3v) is 4.04. The highest BCUT2D eigenvalue weighted by molar-refractivity contribution is 14.0. The molecule has 1 unspecified atom stereocenters. The van der Waals surface area contributed by atoms with Gasteiger partial charge in [0.05, 0.1) is 17.0 Å². The number of benzene rings is 2. The second-order valence-electron chi connectivity index (χ2n) is 6.49. The Morgan fingerprint density at radius 1 is 1.16 bits per heavy atom. The van der Waals surface area contributed by atoms with Gasteiger partial charge in [-0.3, -0.25) is 10.1 Å². The van der Waals surface area contributed by atoms with Crippen LogP contribution in [0.2, 0.25) is 0 Å². The lowest BCUT2D eigenvalue weighted by atomic mass is 10.1. The number of aliphatic hydroxyl groups is 1. The van der Waals surface area contributed by atoms with Gasteiger partial charge < -0.3 is 20.5 Å². The topological polar surface area (TPSA) is 109 Å². The molecule has 0 bridgehead atoms. The molecule has 0 fully saturated rings. The number of aliphatic hydroxyl groups excluding tert-OH is 1. The Balaban J connectivity index is 0.00000512. The number of halogens is 4. The molecule has 3 N–H and O–H groups in total. The first-order valence-electron chi connectivity index (χ1n) is 9.42. The zero-order chi connectivity index (χ0) is 22.9. The third kappa shape index (κ3) is 9.26. The van der Waals surface area contributed by atoms with Crippen LogP contribution in [-0.4, -0.2) is 41.8 Å². The summed E-state index contributed by atoms with van der Waals surface area (Å²) in [4.78, 5) is 14.4. The lowest BCUT2D eigenvalue weighted by Gasteiger charge is -2.16. The number of ether oxygens (including phenoxy) is 1. The summed E-state index contributed by atoms with van der Waals surface area (Å²) >= 11 is 0. The maximum Gasteiger partial charge on any atom is 0.416 e. The van der Waals surface area contributed by atoms with Gasteiger partial charge in [0.1, 0.15) is 18.5 Å². The van der Waals surface area contributed by atoms with Crippen LogP contribution in [-0.2, 0) is 12.7 Å². The smallest absolute Gasteiger partial charge is 0.416 e. The average Bonchev–Trinajstić information content (AvgIpc) is 2.74. The van der Waals surface area contributed by atoms with Gasteiger partial charge in [-0.05, 0) is 36.8 Å². The van der Waals surface area contributed by atoms with E-state index >= 15 is 0 Å². The molecule has 2 aromatic rings. The van der Waals surface area contributed by atoms with E-state index in [-0.39, 0.29) is 49.4 Å². The van der Waals surface area contributed by atoms with Crippen molar-refractivity contribution in [3.05, 3.63) is 69.8 Å². The van der Waals surface area contributed by atoms with Crippen molar-refractivity contribution in [1.29, 1.82) is 0 Å². The number of non-ortho nitro benzene ring substituents is 1. The second-order valence-corrected chi connectivity index (χ2v) is 6.49. The Bertz CT molecular complexity index is 878. The summed E-state index contributed by atoms with van der Waals surface area (Å²) in [5.41, 5.74) is -0.178. The fourth-order valence-corrected chi connectivity index (χ4v) is 2.44. The number of nitrogens with one attached hydrogen (secondary N) is 2. The molecule has 0 radical (unpaired) electrons. The molecular formula is C20H24F3IN4O4. The number of hydrogen-bond donors (Lipinski definition) is 3. The molecule has 0 saturated heterocycles. The van der Waals surface area contributed by atoms with Crippen LogP contribution in [0, 0.1) is 10.1 Å². The molecule has 32 heavy (non-hydrogen) atoms. The van der Waals surface area contributed by atoms with Crippen LogP contribution in [0.15, 0.2) is 53.5 Å². The van der Waals surface area contributed by atoms with Crippen molar-refractivity contribution >= 4 is 35.6 Å². The Morgan fingerprint density at radius 2 is 1.78 bits per heavy atom. The molecule has 2 rings (SSSR count). The van der Waals surface area contributed by atoms with E-state index in [1.807, 2.05) is 6.92 Å². The van der Waals surface area contributed by atoms with Gasteiger partial charge in [0.15, 0.2) is 5.96 Å². The number of guanidine groups is 1. The molecule has 1 atom stereocenters. The van der Waals surface area contributed by atoms with Gasteiger partial charge in [-0.1, -0.05) is 12.1 Å². The van der Waals surface area contributed by atoms with Crippen molar-refractivity contribution in [3.8, 4) is 5.75 Å². The van der Waals surface area contributed by atoms with E-state index in [2.05, 4.69) is 15.6 Å². The summed E-state index contributed by atoms with van der Waals surface area (Å²) in [7, 11) is 0. The monoisotopic (exact) mass is 568 g/mol. The van der Waals surface area contributed by atoms with Gasteiger partial charge >= 0.3 is 6.18 Å². The quantitative estimate of drug-likeness (QED) is 0.140. The van der Waals surface area contributed by atoms with Gasteiger partial charge in [0, 0.05) is 25.2 Å². The van der Waals surface area contributed by atoms with Crippen LogP contribution in [0.5, 0.6) is 5.75 Å². The predicted molar refractivity (Wildman–Crippen MR) is 124 cm³/mol. The summed E-state index contributed by atoms with van der Waals surface area (Å²) in [6, 6.07) is 10.2. The first kappa shape index (κ1) is 27.4. The number of rotatable bonds is 9. The number of nitro benzene ring substituents is 1. The average molecular weight is 568 g/mol. The van der Waals surface area contributed by atoms with Gasteiger partial charge in [0.2, 0.25) is 0 Å². The van der Waals surface area contributed by atoms with E-state index in [4.69, 9.17) is 4.74 Å². The van der Waals surface area contributed by atoms with Crippen LogP contribution in [0.1, 0.15) is 18.1 Å². The van der Waals surface area contributed by atoms with E-state index in [1.54, 1.807) is 0 Å². The summed E-state index contributed by atoms with van der Waals surface area (Å²) in [5.74, 6) is 0.768. The van der Waals surface area contributed by atoms with E-state index in [0.717, 1.165) is 12.1 Å². The van der Waals surface area contributed by atoms with Crippen molar-refractivity contribution in [2.45, 2.75) is 25.7 Å². The zero-order valence-corrected chi connectivity index (χ0v) is 19.5. The highest BCUT2D eigenvalue weighted by atomic mass is 127. The number of alkyl halides is 3. The minimum Gasteiger partial charge on any atom is -0.491 e. The summed E-state index contributed by atoms with van der Waals surface area (Å²) < 4.78 is 43.3. The van der Waals surface area contributed by atoms with E-state index in [9.17, 15) is 28.4 Å². The third-order valence-electron chi connectivity index (χ3n) is 4.04. The van der Waals surface area contributed by atoms with Crippen molar-refractivity contribution in [3.63, 3.8) is 0 Å². The lowest BCUT2D eigenvalue weighted by Crippen LogP contribution is -2.42. The number of nitrogens with zero attached hydrogens (tertiary/aromatic N) is 2. The molecule has 0 aliphatic rings. The Morgan fingerprint density at radius 3 is 2.31 bits per heavy atom. The van der Waals surface area contributed by atoms with Crippen LogP contribution in [0.4, 0.5) is 18.9 Å². The van der Waals surface area contributed by atoms with E-state index in [0.29, 0.717) is 23.8 Å². The predicted octanol–water partition coefficient (Wildman–Crippen LogP) is 3.73. The molecule has 2 aromatic carbocycles. The van der Waals surface area contributed by atoms with Crippen molar-refractivity contribution in [2.75, 3.05) is 19.7 Å². The van der Waals surface area contributed by atoms with Crippen LogP contribution in [0.3, 0.4) is 0 Å². The van der Waals surface area contributed by atoms with E-state index < -0.39 is 22.8 Å². The first-order chi connectivity index (χ1) is 14.7. The highest BCUT2D eigenvalue weighted by Crippen LogP contribution is 2.29. The fraction of sp³-hybridized carbons (Fsp3) is 0.350. The molecule has 0 heterocycles. The molecule has 0 spiro atoms. The molecule has 176 valence electrons. The van der Waals surface area contributed by atoms with Crippen LogP contribution in [0.25, 0.3) is 0 Å². The number of hydrogen-bond acceptors (Lipinski definition) is 5. The minimum atomic E-state index is -4.38. The van der Waals surface area contributed by atoms with Crippen molar-refractivity contribution < 1.29 is 27.9 Å². The van der Waals surface area contributed by atoms with Crippen LogP contribution < -0.4 is 15.4 Å². The lowest BCUT2D eigenvalue weighted by molar-refractivity contribution is -0.384. The molecule has 0 aliphatic heterocycles. The Labute approximate surface area is 200 Å². The Kier molecular flexibility index (Phi) is 11.2. The number of nitro groups is 1. The largest absolute Gasteiger partial charge is 0.491 e. The summed E-state index contributed by atoms with van der Waals surface area (Å²) in [6.45, 7) is 2.61. The van der Waals surface area contributed by atoms with E-state index in [1.165, 1.54) is 36.4 Å². The fourth-order valence-electron chi connectivity index (χ4n) is 2.44. The molecule has 8 nitrogen and oxygen atoms in total. The maximum atomic E-state index is 12.6. The van der Waals surface area contributed by atoms with Gasteiger partial charge in [-0.15, -0.1) is 24.0 Å². The zero-order valence-electron chi connectivity index (χ0n) is 17.1. The first-order valence-corrected chi connectivity index (χ1v) is 9.42. The molecule has 12 heteroatoms. The summed E-state index contributed by atoms with van der Waals surface area (Å²) in [6.07, 6.45) is -5.28. The van der Waals surface area contributed by atoms with Gasteiger partial charge in [-0.2, -0.15) is 13.2 Å². The van der Waals surface area contributed by atoms with Crippen molar-refractivity contribution in [1.82, 2.24) is 10.6 Å². The SMILES string of the molecule is CCNC(=NCc1ccc(C(F)(F)F)cc1)NCC(O)COc1ccc([N+](=O)[O-])cc1.I. The molecule has 0 amide bonds. The number of aliphatic imine (C=N–C) groups is 1. The Hall–Kier alpha value is -2.61. The van der Waals surface area contributed by atoms with Crippen molar-refractivity contribution in [2.24, 2.45) is 4.99 Å². The standard InChI is InChI=1S/C20H23F3N4O4.HI/c1-2-24-19(25-11-14-3-5-15(6-4-14)20(21,22)23)26-12-17(28)13-31-18-9-7-16(8-10-18)27(29)30;/h3-10,17,28H,2,11-13H2,1H3,(H2,24,25,26);1H. The van der Waals surface area contributed by atoms with Gasteiger partial charge in [0.25, 0.3) is 5.69 Å². The normalized spacial score (nSPS) is 12.5. The highest BCUT2D eigenvalue weighted by Gasteiger charge is 2.29. The molecular weight excluding hydrogens is 544 g/mol. The second kappa shape index (κ2) is 13.1. The molecule has 0 aliphatic carbocycles. The summed E-state index contributed by atoms with van der Waals surface area (Å²) in [5, 5.41) is 26.6. The molecule has 0 saturated carbocycles.